The van der Waals surface area contributed by atoms with Gasteiger partial charge in [-0.25, -0.2) is 24.4 Å². The minimum absolute atomic E-state index is 0.146. The van der Waals surface area contributed by atoms with Crippen molar-refractivity contribution < 1.29 is 14.4 Å². The van der Waals surface area contributed by atoms with E-state index in [1.54, 1.807) is 6.08 Å². The highest BCUT2D eigenvalue weighted by atomic mass is 16.2. The van der Waals surface area contributed by atoms with Crippen molar-refractivity contribution in [2.45, 2.75) is 38.8 Å². The van der Waals surface area contributed by atoms with Crippen LogP contribution in [0.2, 0.25) is 0 Å². The third-order valence-corrected chi connectivity index (χ3v) is 3.18. The maximum absolute atomic E-state index is 11.7. The summed E-state index contributed by atoms with van der Waals surface area (Å²) in [4.78, 5) is 39.9. The summed E-state index contributed by atoms with van der Waals surface area (Å²) < 4.78 is 0. The highest BCUT2D eigenvalue weighted by molar-refractivity contribution is 5.74. The largest absolute Gasteiger partial charge is 0.335 e. The molecule has 0 saturated heterocycles. The molecule has 0 rings (SSSR count). The summed E-state index contributed by atoms with van der Waals surface area (Å²) in [5.74, 6) is -0.266. The lowest BCUT2D eigenvalue weighted by Gasteiger charge is -2.29. The summed E-state index contributed by atoms with van der Waals surface area (Å²) in [7, 11) is 0. The van der Waals surface area contributed by atoms with Gasteiger partial charge in [0.1, 0.15) is 0 Å². The Bertz CT molecular complexity index is 426. The molecule has 3 atom stereocenters. The van der Waals surface area contributed by atoms with Crippen molar-refractivity contribution in [2.75, 3.05) is 13.1 Å². The van der Waals surface area contributed by atoms with Crippen molar-refractivity contribution in [3.63, 3.8) is 0 Å². The molecule has 116 valence electrons. The van der Waals surface area contributed by atoms with Gasteiger partial charge in [-0.2, -0.15) is 0 Å². The van der Waals surface area contributed by atoms with Crippen molar-refractivity contribution in [1.29, 1.82) is 0 Å². The Labute approximate surface area is 124 Å². The van der Waals surface area contributed by atoms with Crippen LogP contribution in [0.1, 0.15) is 26.7 Å². The zero-order valence-corrected chi connectivity index (χ0v) is 12.5. The number of carbonyl (C=O) groups excluding carboxylic acids is 3. The molecule has 0 spiro atoms. The normalized spacial score (nSPS) is 13.8. The summed E-state index contributed by atoms with van der Waals surface area (Å²) in [5, 5.41) is 5.42. The number of isocyanates is 2. The lowest BCUT2D eigenvalue weighted by Crippen LogP contribution is -2.48. The van der Waals surface area contributed by atoms with Gasteiger partial charge in [0.05, 0.1) is 12.6 Å². The fourth-order valence-electron chi connectivity index (χ4n) is 2.11. The van der Waals surface area contributed by atoms with E-state index in [0.717, 1.165) is 0 Å². The van der Waals surface area contributed by atoms with Crippen LogP contribution < -0.4 is 10.6 Å². The lowest BCUT2D eigenvalue weighted by atomic mass is 9.88. The fraction of sp³-hybridized carbons (Fsp3) is 0.643. The van der Waals surface area contributed by atoms with Crippen LogP contribution in [0.15, 0.2) is 22.6 Å². The summed E-state index contributed by atoms with van der Waals surface area (Å²) in [6.07, 6.45) is 5.78. The standard InChI is InChI=1S/C14H22N4O3/c1-4-7-16-14(21)18-13(6-3)11(8-15-9-19)12(5-2)17-10-20/h4,11-13H,1,5-8H2,2-3H3,(H2,16,18,21). The number of amides is 2. The van der Waals surface area contributed by atoms with Crippen LogP contribution in [-0.4, -0.2) is 43.4 Å². The number of hydrogen-bond acceptors (Lipinski definition) is 5. The molecule has 21 heavy (non-hydrogen) atoms. The van der Waals surface area contributed by atoms with Crippen molar-refractivity contribution in [1.82, 2.24) is 10.6 Å². The molecule has 0 aliphatic heterocycles. The third-order valence-electron chi connectivity index (χ3n) is 3.18. The third kappa shape index (κ3) is 7.20. The molecule has 0 aromatic carbocycles. The van der Waals surface area contributed by atoms with Gasteiger partial charge in [-0.05, 0) is 12.8 Å². The van der Waals surface area contributed by atoms with Gasteiger partial charge in [-0.15, -0.1) is 6.58 Å². The lowest BCUT2D eigenvalue weighted by molar-refractivity contribution is 0.226. The molecule has 0 saturated carbocycles. The summed E-state index contributed by atoms with van der Waals surface area (Å²) in [6.45, 7) is 7.78. The Kier molecular flexibility index (Phi) is 10.4. The second-order valence-electron chi connectivity index (χ2n) is 4.45. The molecule has 2 amide bonds. The monoisotopic (exact) mass is 294 g/mol. The maximum Gasteiger partial charge on any atom is 0.315 e. The Morgan fingerprint density at radius 3 is 2.48 bits per heavy atom. The molecule has 0 radical (unpaired) electrons. The van der Waals surface area contributed by atoms with Crippen LogP contribution >= 0.6 is 0 Å². The molecular formula is C14H22N4O3. The molecule has 0 heterocycles. The number of urea groups is 1. The van der Waals surface area contributed by atoms with Gasteiger partial charge in [-0.1, -0.05) is 19.9 Å². The molecular weight excluding hydrogens is 272 g/mol. The van der Waals surface area contributed by atoms with E-state index in [-0.39, 0.29) is 30.6 Å². The van der Waals surface area contributed by atoms with Crippen molar-refractivity contribution in [2.24, 2.45) is 15.9 Å². The van der Waals surface area contributed by atoms with Gasteiger partial charge in [0.2, 0.25) is 12.2 Å². The summed E-state index contributed by atoms with van der Waals surface area (Å²) >= 11 is 0. The van der Waals surface area contributed by atoms with Gasteiger partial charge in [0.25, 0.3) is 0 Å². The molecule has 0 aliphatic carbocycles. The molecule has 3 unspecified atom stereocenters. The zero-order chi connectivity index (χ0) is 16.1. The molecule has 0 aromatic rings. The molecule has 0 fully saturated rings. The predicted molar refractivity (Wildman–Crippen MR) is 79.5 cm³/mol. The van der Waals surface area contributed by atoms with E-state index in [9.17, 15) is 14.4 Å². The van der Waals surface area contributed by atoms with Crippen LogP contribution in [0, 0.1) is 5.92 Å². The number of nitrogens with zero attached hydrogens (tertiary/aromatic N) is 2. The van der Waals surface area contributed by atoms with Crippen LogP contribution in [0.25, 0.3) is 0 Å². The van der Waals surface area contributed by atoms with Crippen LogP contribution in [0.5, 0.6) is 0 Å². The SMILES string of the molecule is C=CCNC(=O)NC(CC)C(CN=C=O)C(CC)N=C=O. The highest BCUT2D eigenvalue weighted by Crippen LogP contribution is 2.19. The van der Waals surface area contributed by atoms with Crippen molar-refractivity contribution >= 4 is 18.2 Å². The first kappa shape index (κ1) is 18.8. The molecule has 0 bridgehead atoms. The average molecular weight is 294 g/mol. The van der Waals surface area contributed by atoms with Gasteiger partial charge >= 0.3 is 6.03 Å². The topological polar surface area (TPSA) is 100.0 Å². The fourth-order valence-corrected chi connectivity index (χ4v) is 2.11. The molecule has 7 heteroatoms. The Hall–Kier alpha value is -2.23. The molecule has 2 N–H and O–H groups in total. The first-order chi connectivity index (χ1) is 10.1. The smallest absolute Gasteiger partial charge is 0.315 e. The van der Waals surface area contributed by atoms with E-state index in [4.69, 9.17) is 0 Å². The van der Waals surface area contributed by atoms with Crippen molar-refractivity contribution in [3.8, 4) is 0 Å². The minimum Gasteiger partial charge on any atom is -0.335 e. The van der Waals surface area contributed by atoms with Gasteiger partial charge in [0, 0.05) is 18.5 Å². The van der Waals surface area contributed by atoms with Crippen LogP contribution in [-0.2, 0) is 9.59 Å². The molecule has 7 nitrogen and oxygen atoms in total. The first-order valence-electron chi connectivity index (χ1n) is 6.90. The van der Waals surface area contributed by atoms with Crippen LogP contribution in [0.4, 0.5) is 4.79 Å². The second kappa shape index (κ2) is 11.6. The predicted octanol–water partition coefficient (Wildman–Crippen LogP) is 1.32. The van der Waals surface area contributed by atoms with Gasteiger partial charge in [0.15, 0.2) is 0 Å². The van der Waals surface area contributed by atoms with Crippen LogP contribution in [0.3, 0.4) is 0 Å². The molecule has 0 aliphatic rings. The quantitative estimate of drug-likeness (QED) is 0.361. The number of carbonyl (C=O) groups is 1. The van der Waals surface area contributed by atoms with E-state index < -0.39 is 0 Å². The van der Waals surface area contributed by atoms with E-state index in [2.05, 4.69) is 27.2 Å². The average Bonchev–Trinajstić information content (AvgIpc) is 2.50. The molecule has 0 aromatic heterocycles. The van der Waals surface area contributed by atoms with E-state index in [1.165, 1.54) is 12.2 Å². The Morgan fingerprint density at radius 2 is 2.00 bits per heavy atom. The summed E-state index contributed by atoms with van der Waals surface area (Å²) in [6, 6.07) is -0.968. The van der Waals surface area contributed by atoms with E-state index >= 15 is 0 Å². The van der Waals surface area contributed by atoms with E-state index in [1.807, 2.05) is 13.8 Å². The summed E-state index contributed by atoms with van der Waals surface area (Å²) in [5.41, 5.74) is 0. The van der Waals surface area contributed by atoms with Gasteiger partial charge < -0.3 is 10.6 Å². The maximum atomic E-state index is 11.7. The Balaban J connectivity index is 5.03. The van der Waals surface area contributed by atoms with Crippen molar-refractivity contribution in [3.05, 3.63) is 12.7 Å². The first-order valence-corrected chi connectivity index (χ1v) is 6.90. The van der Waals surface area contributed by atoms with Gasteiger partial charge in [-0.3, -0.25) is 0 Å². The zero-order valence-electron chi connectivity index (χ0n) is 12.5. The number of rotatable bonds is 10. The number of nitrogens with one attached hydrogen (secondary N) is 2. The minimum atomic E-state index is -0.357. The highest BCUT2D eigenvalue weighted by Gasteiger charge is 2.28. The van der Waals surface area contributed by atoms with E-state index in [0.29, 0.717) is 19.4 Å². The second-order valence-corrected chi connectivity index (χ2v) is 4.45. The Morgan fingerprint density at radius 1 is 1.29 bits per heavy atom. The number of aliphatic imine (C=N–C) groups is 2. The number of hydrogen-bond donors (Lipinski definition) is 2.